The smallest absolute Gasteiger partial charge is 0.236 e. The fourth-order valence-corrected chi connectivity index (χ4v) is 2.82. The van der Waals surface area contributed by atoms with Crippen molar-refractivity contribution in [2.24, 2.45) is 0 Å². The van der Waals surface area contributed by atoms with Gasteiger partial charge in [0.05, 0.1) is 0 Å². The molecule has 0 aromatic rings. The van der Waals surface area contributed by atoms with Crippen LogP contribution in [0.25, 0.3) is 0 Å². The van der Waals surface area contributed by atoms with E-state index in [-0.39, 0.29) is 0 Å². The molecule has 0 atom stereocenters. The van der Waals surface area contributed by atoms with E-state index in [1.165, 1.54) is 4.31 Å². The summed E-state index contributed by atoms with van der Waals surface area (Å²) in [6.45, 7) is 5.59. The minimum Gasteiger partial charge on any atom is -0.355 e. The highest BCUT2D eigenvalue weighted by Gasteiger charge is 2.22. The zero-order valence-corrected chi connectivity index (χ0v) is 11.6. The first-order valence-corrected chi connectivity index (χ1v) is 7.48. The lowest BCUT2D eigenvalue weighted by Crippen LogP contribution is -2.39. The lowest BCUT2D eigenvalue weighted by molar-refractivity contribution is -0.118. The number of hydrogen-bond donors (Lipinski definition) is 2. The number of nitrogens with zero attached hydrogens (tertiary/aromatic N) is 1. The van der Waals surface area contributed by atoms with Gasteiger partial charge in [-0.05, 0) is 20.0 Å². The molecule has 0 saturated heterocycles. The Bertz CT molecular complexity index is 313. The van der Waals surface area contributed by atoms with Gasteiger partial charge in [0.1, 0.15) is 5.75 Å². The second-order valence-electron chi connectivity index (χ2n) is 3.65. The molecule has 1 amide bonds. The first kappa shape index (κ1) is 16.3. The fraction of sp³-hybridized carbons (Fsp3) is 0.900. The average Bonchev–Trinajstić information content (AvgIpc) is 2.25. The quantitative estimate of drug-likeness (QED) is 0.545. The molecule has 0 unspecified atom stereocenters. The second-order valence-corrected chi connectivity index (χ2v) is 5.62. The molecular weight excluding hydrogens is 242 g/mol. The lowest BCUT2D eigenvalue weighted by atomic mass is 10.4. The third-order valence-electron chi connectivity index (χ3n) is 2.34. The summed E-state index contributed by atoms with van der Waals surface area (Å²) in [4.78, 5) is 11.4. The fourth-order valence-electron chi connectivity index (χ4n) is 1.42. The summed E-state index contributed by atoms with van der Waals surface area (Å²) in [5, 5.41) is 5.54. The van der Waals surface area contributed by atoms with Crippen LogP contribution < -0.4 is 10.6 Å². The van der Waals surface area contributed by atoms with Crippen molar-refractivity contribution in [3.05, 3.63) is 0 Å². The first-order valence-electron chi connectivity index (χ1n) is 5.87. The molecule has 0 aliphatic heterocycles. The Hall–Kier alpha value is -0.660. The van der Waals surface area contributed by atoms with Crippen molar-refractivity contribution < 1.29 is 13.2 Å². The van der Waals surface area contributed by atoms with E-state index in [4.69, 9.17) is 0 Å². The van der Waals surface area contributed by atoms with Gasteiger partial charge in [-0.1, -0.05) is 13.8 Å². The predicted molar refractivity (Wildman–Crippen MR) is 68.3 cm³/mol. The van der Waals surface area contributed by atoms with Crippen molar-refractivity contribution in [1.82, 2.24) is 14.9 Å². The topological polar surface area (TPSA) is 78.5 Å². The molecule has 0 aromatic carbocycles. The number of sulfonamides is 1. The van der Waals surface area contributed by atoms with E-state index >= 15 is 0 Å². The van der Waals surface area contributed by atoms with E-state index in [1.54, 1.807) is 13.8 Å². The van der Waals surface area contributed by atoms with Gasteiger partial charge >= 0.3 is 0 Å². The lowest BCUT2D eigenvalue weighted by Gasteiger charge is -2.17. The van der Waals surface area contributed by atoms with Crippen molar-refractivity contribution >= 4 is 15.9 Å². The molecule has 17 heavy (non-hydrogen) atoms. The van der Waals surface area contributed by atoms with Gasteiger partial charge in [0.15, 0.2) is 0 Å². The molecule has 0 radical (unpaired) electrons. The van der Waals surface area contributed by atoms with E-state index in [0.29, 0.717) is 19.6 Å². The number of hydrogen-bond acceptors (Lipinski definition) is 4. The molecule has 0 bridgehead atoms. The van der Waals surface area contributed by atoms with Crippen LogP contribution in [0.5, 0.6) is 0 Å². The molecule has 0 fully saturated rings. The van der Waals surface area contributed by atoms with Crippen molar-refractivity contribution in [2.45, 2.75) is 20.3 Å². The molecule has 0 rings (SSSR count). The Labute approximate surface area is 104 Å². The number of carbonyl (C=O) groups excluding carboxylic acids is 1. The predicted octanol–water partition coefficient (Wildman–Crippen LogP) is -0.616. The molecule has 0 aromatic heterocycles. The summed E-state index contributed by atoms with van der Waals surface area (Å²) < 4.78 is 24.8. The van der Waals surface area contributed by atoms with E-state index in [9.17, 15) is 13.2 Å². The van der Waals surface area contributed by atoms with Crippen LogP contribution >= 0.6 is 0 Å². The average molecular weight is 265 g/mol. The highest BCUT2D eigenvalue weighted by atomic mass is 32.2. The normalized spacial score (nSPS) is 11.8. The van der Waals surface area contributed by atoms with Crippen molar-refractivity contribution in [3.63, 3.8) is 0 Å². The summed E-state index contributed by atoms with van der Waals surface area (Å²) in [6, 6.07) is 0. The summed E-state index contributed by atoms with van der Waals surface area (Å²) in [7, 11) is -1.63. The van der Waals surface area contributed by atoms with Gasteiger partial charge in [0, 0.05) is 19.6 Å². The maximum atomic E-state index is 11.7. The molecule has 0 saturated carbocycles. The SMILES string of the molecule is CCN(CC)S(=O)(=O)CC(=O)NCCCNC. The highest BCUT2D eigenvalue weighted by molar-refractivity contribution is 7.89. The maximum absolute atomic E-state index is 11.7. The third-order valence-corrected chi connectivity index (χ3v) is 4.27. The Kier molecular flexibility index (Phi) is 8.11. The number of carbonyl (C=O) groups is 1. The largest absolute Gasteiger partial charge is 0.355 e. The molecule has 6 nitrogen and oxygen atoms in total. The number of nitrogens with one attached hydrogen (secondary N) is 2. The highest BCUT2D eigenvalue weighted by Crippen LogP contribution is 2.00. The van der Waals surface area contributed by atoms with Crippen LogP contribution in [0.3, 0.4) is 0 Å². The molecule has 0 aliphatic rings. The Morgan fingerprint density at radius 3 is 2.24 bits per heavy atom. The van der Waals surface area contributed by atoms with Crippen LogP contribution in [-0.2, 0) is 14.8 Å². The zero-order valence-electron chi connectivity index (χ0n) is 10.8. The second kappa shape index (κ2) is 8.43. The van der Waals surface area contributed by atoms with Crippen LogP contribution in [0.15, 0.2) is 0 Å². The van der Waals surface area contributed by atoms with Crippen LogP contribution in [0.1, 0.15) is 20.3 Å². The summed E-state index contributed by atoms with van der Waals surface area (Å²) in [5.74, 6) is -0.901. The van der Waals surface area contributed by atoms with Gasteiger partial charge in [0.25, 0.3) is 0 Å². The van der Waals surface area contributed by atoms with Crippen molar-refractivity contribution in [2.75, 3.05) is 39.0 Å². The monoisotopic (exact) mass is 265 g/mol. The molecule has 0 heterocycles. The zero-order chi connectivity index (χ0) is 13.3. The van der Waals surface area contributed by atoms with E-state index in [1.807, 2.05) is 7.05 Å². The molecule has 2 N–H and O–H groups in total. The van der Waals surface area contributed by atoms with E-state index < -0.39 is 21.7 Å². The van der Waals surface area contributed by atoms with Crippen LogP contribution in [-0.4, -0.2) is 57.6 Å². The molecule has 0 aliphatic carbocycles. The van der Waals surface area contributed by atoms with Gasteiger partial charge < -0.3 is 10.6 Å². The van der Waals surface area contributed by atoms with Crippen molar-refractivity contribution in [3.8, 4) is 0 Å². The summed E-state index contributed by atoms with van der Waals surface area (Å²) in [6.07, 6.45) is 0.785. The Balaban J connectivity index is 4.10. The number of rotatable bonds is 9. The van der Waals surface area contributed by atoms with Gasteiger partial charge in [-0.3, -0.25) is 4.79 Å². The van der Waals surface area contributed by atoms with E-state index in [2.05, 4.69) is 10.6 Å². The van der Waals surface area contributed by atoms with Gasteiger partial charge in [0.2, 0.25) is 15.9 Å². The van der Waals surface area contributed by atoms with Crippen LogP contribution in [0.4, 0.5) is 0 Å². The number of amides is 1. The minimum atomic E-state index is -3.46. The summed E-state index contributed by atoms with van der Waals surface area (Å²) in [5.41, 5.74) is 0. The van der Waals surface area contributed by atoms with Crippen LogP contribution in [0.2, 0.25) is 0 Å². The first-order chi connectivity index (χ1) is 7.97. The Morgan fingerprint density at radius 1 is 1.18 bits per heavy atom. The maximum Gasteiger partial charge on any atom is 0.236 e. The molecule has 7 heteroatoms. The standard InChI is InChI=1S/C10H23N3O3S/c1-4-13(5-2)17(15,16)9-10(14)12-8-6-7-11-3/h11H,4-9H2,1-3H3,(H,12,14). The third kappa shape index (κ3) is 6.60. The minimum absolute atomic E-state index is 0.395. The van der Waals surface area contributed by atoms with E-state index in [0.717, 1.165) is 13.0 Å². The van der Waals surface area contributed by atoms with Crippen LogP contribution in [0, 0.1) is 0 Å². The van der Waals surface area contributed by atoms with Gasteiger partial charge in [-0.15, -0.1) is 0 Å². The van der Waals surface area contributed by atoms with Crippen molar-refractivity contribution in [1.29, 1.82) is 0 Å². The molecular formula is C10H23N3O3S. The van der Waals surface area contributed by atoms with Gasteiger partial charge in [-0.2, -0.15) is 0 Å². The molecule has 102 valence electrons. The Morgan fingerprint density at radius 2 is 1.76 bits per heavy atom. The summed E-state index contributed by atoms with van der Waals surface area (Å²) >= 11 is 0. The molecule has 0 spiro atoms. The van der Waals surface area contributed by atoms with Gasteiger partial charge in [-0.25, -0.2) is 12.7 Å².